The topological polar surface area (TPSA) is 72.0 Å². The zero-order valence-corrected chi connectivity index (χ0v) is 27.9. The first-order valence-corrected chi connectivity index (χ1v) is 17.3. The van der Waals surface area contributed by atoms with Gasteiger partial charge in [0.25, 0.3) is 0 Å². The maximum atomic E-state index is 11.5. The van der Waals surface area contributed by atoms with E-state index in [4.69, 9.17) is 19.4 Å². The maximum Gasteiger partial charge on any atom is 0.164 e. The summed E-state index contributed by atoms with van der Waals surface area (Å²) in [4.78, 5) is 15.3. The van der Waals surface area contributed by atoms with Crippen LogP contribution < -0.4 is 0 Å². The van der Waals surface area contributed by atoms with E-state index in [0.717, 1.165) is 65.9 Å². The van der Waals surface area contributed by atoms with Crippen molar-refractivity contribution in [2.75, 3.05) is 0 Å². The third-order valence-corrected chi connectivity index (χ3v) is 9.85. The predicted molar refractivity (Wildman–Crippen MR) is 211 cm³/mol. The van der Waals surface area contributed by atoms with Crippen LogP contribution in [0, 0.1) is 0 Å². The van der Waals surface area contributed by atoms with Crippen molar-refractivity contribution in [2.24, 2.45) is 0 Å². The van der Waals surface area contributed by atoms with E-state index in [1.165, 1.54) is 5.39 Å². The van der Waals surface area contributed by atoms with E-state index < -0.39 is 0 Å². The largest absolute Gasteiger partial charge is 0.507 e. The lowest BCUT2D eigenvalue weighted by molar-refractivity contribution is 0.477. The van der Waals surface area contributed by atoms with Gasteiger partial charge in [-0.3, -0.25) is 0 Å². The maximum absolute atomic E-state index is 11.5. The number of fused-ring (bicyclic) bond motifs is 6. The Balaban J connectivity index is 1.15. The van der Waals surface area contributed by atoms with Crippen molar-refractivity contribution in [3.05, 3.63) is 170 Å². The lowest BCUT2D eigenvalue weighted by Crippen LogP contribution is -2.01. The zero-order valence-electron chi connectivity index (χ0n) is 27.9. The number of aromatic nitrogens is 3. The molecule has 5 heteroatoms. The number of benzene rings is 8. The molecule has 2 aromatic heterocycles. The van der Waals surface area contributed by atoms with Crippen molar-refractivity contribution in [1.82, 2.24) is 15.0 Å². The van der Waals surface area contributed by atoms with Crippen LogP contribution in [0.1, 0.15) is 0 Å². The fourth-order valence-corrected chi connectivity index (χ4v) is 7.43. The van der Waals surface area contributed by atoms with Gasteiger partial charge in [-0.25, -0.2) is 15.0 Å². The molecule has 0 radical (unpaired) electrons. The lowest BCUT2D eigenvalue weighted by atomic mass is 9.94. The minimum absolute atomic E-state index is 0.146. The molecule has 2 heterocycles. The molecule has 0 amide bonds. The molecule has 0 spiro atoms. The summed E-state index contributed by atoms with van der Waals surface area (Å²) in [5, 5.41) is 18.1. The van der Waals surface area contributed by atoms with Crippen LogP contribution >= 0.6 is 0 Å². The van der Waals surface area contributed by atoms with Crippen molar-refractivity contribution in [1.29, 1.82) is 0 Å². The average molecular weight is 668 g/mol. The summed E-state index contributed by atoms with van der Waals surface area (Å²) in [6.07, 6.45) is 0. The lowest BCUT2D eigenvalue weighted by Gasteiger charge is -2.15. The number of nitrogens with zero attached hydrogens (tertiary/aromatic N) is 3. The monoisotopic (exact) mass is 667 g/mol. The van der Waals surface area contributed by atoms with Crippen LogP contribution in [0.3, 0.4) is 0 Å². The van der Waals surface area contributed by atoms with Crippen molar-refractivity contribution in [3.8, 4) is 62.2 Å². The van der Waals surface area contributed by atoms with Gasteiger partial charge in [-0.05, 0) is 62.5 Å². The Bertz CT molecular complexity index is 2970. The number of para-hydroxylation sites is 1. The normalized spacial score (nSPS) is 11.5. The molecule has 0 unspecified atom stereocenters. The Morgan fingerprint density at radius 3 is 1.81 bits per heavy atom. The van der Waals surface area contributed by atoms with Crippen LogP contribution in [0.15, 0.2) is 174 Å². The van der Waals surface area contributed by atoms with Gasteiger partial charge in [0, 0.05) is 33.0 Å². The van der Waals surface area contributed by atoms with Crippen LogP contribution in [0.4, 0.5) is 0 Å². The van der Waals surface area contributed by atoms with Gasteiger partial charge >= 0.3 is 0 Å². The standard InChI is InChI=1S/C47H29N3O2/c51-40-21-10-20-38(43(40)30-26-24-29(25-27-30)34-19-11-23-42-44(34)37-18-8-9-22-41(37)52-42)46-48-45(31-12-2-1-3-13-31)49-47(50-46)39-28-32-14-4-5-15-33(32)35-16-6-7-17-36(35)39/h1-28,51H. The molecular weight excluding hydrogens is 639 g/mol. The van der Waals surface area contributed by atoms with E-state index in [-0.39, 0.29) is 5.75 Å². The SMILES string of the molecule is Oc1cccc(-c2nc(-c3ccccc3)nc(-c3cc4ccccc4c4ccccc34)n2)c1-c1ccc(-c2cccc3oc4ccccc4c23)cc1. The van der Waals surface area contributed by atoms with Gasteiger partial charge in [0.05, 0.1) is 0 Å². The number of furan rings is 1. The summed E-state index contributed by atoms with van der Waals surface area (Å²) in [6.45, 7) is 0. The zero-order chi connectivity index (χ0) is 34.6. The fraction of sp³-hybridized carbons (Fsp3) is 0. The molecule has 10 aromatic rings. The second-order valence-corrected chi connectivity index (χ2v) is 12.9. The van der Waals surface area contributed by atoms with Crippen LogP contribution in [-0.4, -0.2) is 20.1 Å². The summed E-state index contributed by atoms with van der Waals surface area (Å²) < 4.78 is 6.16. The van der Waals surface area contributed by atoms with E-state index in [1.807, 2.05) is 91.0 Å². The van der Waals surface area contributed by atoms with E-state index in [1.54, 1.807) is 6.07 Å². The van der Waals surface area contributed by atoms with Gasteiger partial charge < -0.3 is 9.52 Å². The molecule has 0 aliphatic carbocycles. The summed E-state index contributed by atoms with van der Waals surface area (Å²) >= 11 is 0. The first-order chi connectivity index (χ1) is 25.7. The van der Waals surface area contributed by atoms with Crippen LogP contribution in [-0.2, 0) is 0 Å². The Labute approximate surface area is 299 Å². The number of hydrogen-bond donors (Lipinski definition) is 1. The van der Waals surface area contributed by atoms with E-state index in [0.29, 0.717) is 28.6 Å². The van der Waals surface area contributed by atoms with Crippen LogP contribution in [0.25, 0.3) is 99.9 Å². The number of rotatable bonds is 5. The van der Waals surface area contributed by atoms with Crippen molar-refractivity contribution >= 4 is 43.5 Å². The predicted octanol–water partition coefficient (Wildman–Crippen LogP) is 12.1. The van der Waals surface area contributed by atoms with Crippen molar-refractivity contribution in [3.63, 3.8) is 0 Å². The third kappa shape index (κ3) is 4.90. The molecule has 5 nitrogen and oxygen atoms in total. The van der Waals surface area contributed by atoms with Crippen molar-refractivity contribution < 1.29 is 9.52 Å². The number of hydrogen-bond acceptors (Lipinski definition) is 5. The minimum Gasteiger partial charge on any atom is -0.507 e. The molecule has 1 N–H and O–H groups in total. The minimum atomic E-state index is 0.146. The molecule has 0 bridgehead atoms. The highest BCUT2D eigenvalue weighted by atomic mass is 16.3. The third-order valence-electron chi connectivity index (χ3n) is 9.85. The van der Waals surface area contributed by atoms with E-state index in [2.05, 4.69) is 72.8 Å². The van der Waals surface area contributed by atoms with Gasteiger partial charge in [-0.2, -0.15) is 0 Å². The number of aromatic hydroxyl groups is 1. The summed E-state index contributed by atoms with van der Waals surface area (Å²) in [7, 11) is 0. The van der Waals surface area contributed by atoms with E-state index in [9.17, 15) is 5.11 Å². The second kappa shape index (κ2) is 12.0. The second-order valence-electron chi connectivity index (χ2n) is 12.9. The van der Waals surface area contributed by atoms with Gasteiger partial charge in [0.1, 0.15) is 16.9 Å². The Kier molecular flexibility index (Phi) is 6.89. The van der Waals surface area contributed by atoms with E-state index >= 15 is 0 Å². The molecule has 0 saturated carbocycles. The smallest absolute Gasteiger partial charge is 0.164 e. The average Bonchev–Trinajstić information content (AvgIpc) is 3.60. The van der Waals surface area contributed by atoms with Gasteiger partial charge in [-0.1, -0.05) is 146 Å². The Hall–Kier alpha value is -7.11. The molecule has 244 valence electrons. The molecule has 8 aromatic carbocycles. The highest BCUT2D eigenvalue weighted by Crippen LogP contribution is 2.42. The molecule has 10 rings (SSSR count). The summed E-state index contributed by atoms with van der Waals surface area (Å²) in [5.41, 5.74) is 7.86. The summed E-state index contributed by atoms with van der Waals surface area (Å²) in [6, 6.07) is 57.0. The highest BCUT2D eigenvalue weighted by molar-refractivity contribution is 6.14. The fourth-order valence-electron chi connectivity index (χ4n) is 7.43. The van der Waals surface area contributed by atoms with Gasteiger partial charge in [0.15, 0.2) is 17.5 Å². The first-order valence-electron chi connectivity index (χ1n) is 17.3. The molecule has 52 heavy (non-hydrogen) atoms. The molecule has 0 aliphatic heterocycles. The Morgan fingerprint density at radius 1 is 0.385 bits per heavy atom. The quantitative estimate of drug-likeness (QED) is 0.185. The highest BCUT2D eigenvalue weighted by Gasteiger charge is 2.20. The molecular formula is C47H29N3O2. The van der Waals surface area contributed by atoms with Gasteiger partial charge in [-0.15, -0.1) is 0 Å². The first kappa shape index (κ1) is 29.8. The number of phenols is 1. The molecule has 0 atom stereocenters. The Morgan fingerprint density at radius 2 is 0.981 bits per heavy atom. The van der Waals surface area contributed by atoms with Crippen LogP contribution in [0.5, 0.6) is 5.75 Å². The van der Waals surface area contributed by atoms with Gasteiger partial charge in [0.2, 0.25) is 0 Å². The van der Waals surface area contributed by atoms with Crippen LogP contribution in [0.2, 0.25) is 0 Å². The molecule has 0 aliphatic rings. The molecule has 0 fully saturated rings. The summed E-state index contributed by atoms with van der Waals surface area (Å²) in [5.74, 6) is 1.75. The molecule has 0 saturated heterocycles. The number of phenolic OH excluding ortho intramolecular Hbond substituents is 1. The van der Waals surface area contributed by atoms with Crippen molar-refractivity contribution in [2.45, 2.75) is 0 Å².